The molecule has 0 aromatic heterocycles. The Morgan fingerprint density at radius 2 is 1.94 bits per heavy atom. The summed E-state index contributed by atoms with van der Waals surface area (Å²) in [5.41, 5.74) is 0.609. The van der Waals surface area contributed by atoms with Gasteiger partial charge in [0.1, 0.15) is 5.70 Å². The molecule has 0 bridgehead atoms. The molecule has 10 nitrogen and oxygen atoms in total. The second kappa shape index (κ2) is 10.2. The van der Waals surface area contributed by atoms with Gasteiger partial charge in [0.25, 0.3) is 0 Å². The van der Waals surface area contributed by atoms with E-state index in [-0.39, 0.29) is 40.5 Å². The van der Waals surface area contributed by atoms with Gasteiger partial charge in [-0.15, -0.1) is 11.8 Å². The highest BCUT2D eigenvalue weighted by Crippen LogP contribution is 2.51. The number of fused-ring (bicyclic) bond motifs is 1. The van der Waals surface area contributed by atoms with Gasteiger partial charge in [-0.3, -0.25) is 9.59 Å². The van der Waals surface area contributed by atoms with Gasteiger partial charge in [-0.05, 0) is 18.9 Å². The van der Waals surface area contributed by atoms with Crippen LogP contribution in [-0.4, -0.2) is 85.1 Å². The lowest BCUT2D eigenvalue weighted by Crippen LogP contribution is -2.66. The standard InChI is InChI=1S/C24H32N4O6S2/c1-13-19-18(14(2)26-36(33,34)12-15-8-6-5-7-9-15)23(30)28(19)20(24(31)32)21(13)35-16-10-17(25-11-16)22(29)27(3)4/h5-9,13-14,16-19,25-26H,10-12H2,1-4H3,(H,31,32)/t13-,14-,16+,17+,18-,19-/m1/s1. The Hall–Kier alpha value is -2.41. The van der Waals surface area contributed by atoms with E-state index in [1.807, 2.05) is 6.92 Å². The fourth-order valence-electron chi connectivity index (χ4n) is 5.36. The molecule has 36 heavy (non-hydrogen) atoms. The highest BCUT2D eigenvalue weighted by Gasteiger charge is 2.60. The molecule has 0 aliphatic carbocycles. The highest BCUT2D eigenvalue weighted by molar-refractivity contribution is 8.03. The van der Waals surface area contributed by atoms with Crippen LogP contribution in [0.5, 0.6) is 0 Å². The zero-order valence-corrected chi connectivity index (χ0v) is 22.3. The third kappa shape index (κ3) is 5.04. The Morgan fingerprint density at radius 1 is 1.28 bits per heavy atom. The number of sulfonamides is 1. The number of rotatable bonds is 9. The molecule has 3 aliphatic rings. The monoisotopic (exact) mass is 536 g/mol. The summed E-state index contributed by atoms with van der Waals surface area (Å²) >= 11 is 1.40. The number of carboxylic acid groups (broad SMARTS) is 1. The summed E-state index contributed by atoms with van der Waals surface area (Å²) in [6, 6.07) is 7.32. The van der Waals surface area contributed by atoms with Crippen molar-refractivity contribution in [3.63, 3.8) is 0 Å². The van der Waals surface area contributed by atoms with Gasteiger partial charge in [-0.25, -0.2) is 17.9 Å². The lowest BCUT2D eigenvalue weighted by molar-refractivity contribution is -0.157. The van der Waals surface area contributed by atoms with Crippen molar-refractivity contribution >= 4 is 39.6 Å². The number of carbonyl (C=O) groups excluding carboxylic acids is 2. The van der Waals surface area contributed by atoms with Gasteiger partial charge in [0.15, 0.2) is 0 Å². The minimum atomic E-state index is -3.71. The quantitative estimate of drug-likeness (QED) is 0.395. The van der Waals surface area contributed by atoms with E-state index < -0.39 is 34.0 Å². The minimum Gasteiger partial charge on any atom is -0.477 e. The van der Waals surface area contributed by atoms with Crippen LogP contribution in [0.2, 0.25) is 0 Å². The Bertz CT molecular complexity index is 1190. The van der Waals surface area contributed by atoms with E-state index in [9.17, 15) is 27.9 Å². The molecule has 2 saturated heterocycles. The molecule has 3 N–H and O–H groups in total. The van der Waals surface area contributed by atoms with Crippen LogP contribution >= 0.6 is 11.8 Å². The molecule has 3 aliphatic heterocycles. The van der Waals surface area contributed by atoms with Gasteiger partial charge in [0, 0.05) is 42.8 Å². The number of likely N-dealkylation sites (N-methyl/N-ethyl adjacent to an activating group) is 1. The smallest absolute Gasteiger partial charge is 0.353 e. The lowest BCUT2D eigenvalue weighted by Gasteiger charge is -2.47. The second-order valence-electron chi connectivity index (χ2n) is 9.85. The number of β-lactam (4-membered cyclic amide) rings is 1. The summed E-state index contributed by atoms with van der Waals surface area (Å²) in [5.74, 6) is -2.73. The fourth-order valence-corrected chi connectivity index (χ4v) is 8.27. The van der Waals surface area contributed by atoms with E-state index in [1.54, 1.807) is 51.4 Å². The van der Waals surface area contributed by atoms with Crippen molar-refractivity contribution in [1.82, 2.24) is 19.8 Å². The van der Waals surface area contributed by atoms with E-state index in [4.69, 9.17) is 0 Å². The topological polar surface area (TPSA) is 136 Å². The van der Waals surface area contributed by atoms with Gasteiger partial charge in [0.05, 0.1) is 23.8 Å². The average molecular weight is 537 g/mol. The number of hydrogen-bond donors (Lipinski definition) is 3. The lowest BCUT2D eigenvalue weighted by atomic mass is 9.78. The first kappa shape index (κ1) is 26.6. The van der Waals surface area contributed by atoms with Crippen LogP contribution in [0.3, 0.4) is 0 Å². The van der Waals surface area contributed by atoms with E-state index in [1.165, 1.54) is 21.6 Å². The number of thioether (sulfide) groups is 1. The zero-order chi connectivity index (χ0) is 26.4. The Kier molecular flexibility index (Phi) is 7.52. The van der Waals surface area contributed by atoms with Crippen molar-refractivity contribution < 1.29 is 27.9 Å². The molecule has 1 aromatic carbocycles. The third-order valence-corrected chi connectivity index (χ3v) is 9.97. The molecule has 0 spiro atoms. The summed E-state index contributed by atoms with van der Waals surface area (Å²) < 4.78 is 28.1. The van der Waals surface area contributed by atoms with Crippen LogP contribution in [0.25, 0.3) is 0 Å². The van der Waals surface area contributed by atoms with Crippen LogP contribution in [0.1, 0.15) is 25.8 Å². The van der Waals surface area contributed by atoms with Crippen molar-refractivity contribution in [2.24, 2.45) is 11.8 Å². The van der Waals surface area contributed by atoms with Crippen LogP contribution in [0.4, 0.5) is 0 Å². The number of benzene rings is 1. The minimum absolute atomic E-state index is 0.0141. The number of carbonyl (C=O) groups is 3. The van der Waals surface area contributed by atoms with Gasteiger partial charge in [0.2, 0.25) is 21.8 Å². The van der Waals surface area contributed by atoms with E-state index in [0.717, 1.165) is 0 Å². The Labute approximate surface area is 215 Å². The van der Waals surface area contributed by atoms with E-state index in [2.05, 4.69) is 10.0 Å². The molecule has 1 aromatic rings. The van der Waals surface area contributed by atoms with Crippen molar-refractivity contribution in [1.29, 1.82) is 0 Å². The number of hydrogen-bond acceptors (Lipinski definition) is 7. The highest BCUT2D eigenvalue weighted by atomic mass is 32.2. The first-order valence-corrected chi connectivity index (χ1v) is 14.4. The summed E-state index contributed by atoms with van der Waals surface area (Å²) in [7, 11) is -0.318. The molecule has 0 saturated carbocycles. The van der Waals surface area contributed by atoms with Gasteiger partial charge >= 0.3 is 5.97 Å². The van der Waals surface area contributed by atoms with Crippen LogP contribution in [0.15, 0.2) is 40.9 Å². The van der Waals surface area contributed by atoms with Gasteiger partial charge in [-0.2, -0.15) is 0 Å². The Balaban J connectivity index is 1.47. The Morgan fingerprint density at radius 3 is 2.56 bits per heavy atom. The normalized spacial score (nSPS) is 28.6. The first-order chi connectivity index (χ1) is 16.9. The average Bonchev–Trinajstić information content (AvgIpc) is 3.35. The van der Waals surface area contributed by atoms with Crippen molar-refractivity contribution in [2.75, 3.05) is 20.6 Å². The molecule has 196 valence electrons. The maximum Gasteiger partial charge on any atom is 0.353 e. The number of amides is 2. The molecule has 2 fully saturated rings. The van der Waals surface area contributed by atoms with E-state index in [0.29, 0.717) is 23.4 Å². The predicted molar refractivity (Wildman–Crippen MR) is 136 cm³/mol. The SMILES string of the molecule is C[C@@H](NS(=O)(=O)Cc1ccccc1)[C@H]1C(=O)N2C(C(=O)O)=C(S[C@@H]3CN[C@H](C(=O)N(C)C)C3)[C@H](C)[C@H]12. The van der Waals surface area contributed by atoms with Crippen LogP contribution < -0.4 is 10.0 Å². The molecule has 2 amide bonds. The maximum absolute atomic E-state index is 13.1. The summed E-state index contributed by atoms with van der Waals surface area (Å²) in [5, 5.41) is 13.1. The van der Waals surface area contributed by atoms with Crippen LogP contribution in [-0.2, 0) is 30.2 Å². The van der Waals surface area contributed by atoms with Crippen molar-refractivity contribution in [3.8, 4) is 0 Å². The van der Waals surface area contributed by atoms with Crippen molar-refractivity contribution in [2.45, 2.75) is 49.4 Å². The molecule has 12 heteroatoms. The predicted octanol–water partition coefficient (Wildman–Crippen LogP) is 0.819. The molecular formula is C24H32N4O6S2. The zero-order valence-electron chi connectivity index (χ0n) is 20.7. The maximum atomic E-state index is 13.1. The first-order valence-electron chi connectivity index (χ1n) is 11.9. The van der Waals surface area contributed by atoms with E-state index >= 15 is 0 Å². The van der Waals surface area contributed by atoms with Crippen molar-refractivity contribution in [3.05, 3.63) is 46.5 Å². The molecular weight excluding hydrogens is 504 g/mol. The summed E-state index contributed by atoms with van der Waals surface area (Å²) in [6.45, 7) is 4.08. The van der Waals surface area contributed by atoms with Crippen LogP contribution in [0, 0.1) is 11.8 Å². The van der Waals surface area contributed by atoms with Gasteiger partial charge < -0.3 is 20.2 Å². The number of nitrogens with zero attached hydrogens (tertiary/aromatic N) is 2. The largest absolute Gasteiger partial charge is 0.477 e. The molecule has 4 rings (SSSR count). The molecule has 0 unspecified atom stereocenters. The number of nitrogens with one attached hydrogen (secondary N) is 2. The summed E-state index contributed by atoms with van der Waals surface area (Å²) in [4.78, 5) is 41.0. The fraction of sp³-hybridized carbons (Fsp3) is 0.542. The molecule has 3 heterocycles. The molecule has 0 radical (unpaired) electrons. The number of aliphatic carboxylic acids is 1. The number of carboxylic acids is 1. The van der Waals surface area contributed by atoms with Gasteiger partial charge in [-0.1, -0.05) is 37.3 Å². The second-order valence-corrected chi connectivity index (χ2v) is 12.9. The third-order valence-electron chi connectivity index (χ3n) is 7.02. The summed E-state index contributed by atoms with van der Waals surface area (Å²) in [6.07, 6.45) is 0.558. The molecule has 6 atom stereocenters.